The summed E-state index contributed by atoms with van der Waals surface area (Å²) in [6.07, 6.45) is 5.26. The molecule has 10 heteroatoms. The quantitative estimate of drug-likeness (QED) is 0.421. The number of benzene rings is 1. The van der Waals surface area contributed by atoms with E-state index in [4.69, 9.17) is 0 Å². The summed E-state index contributed by atoms with van der Waals surface area (Å²) in [7, 11) is 3.79. The van der Waals surface area contributed by atoms with Crippen LogP contribution in [0.5, 0.6) is 0 Å². The maximum absolute atomic E-state index is 15.2. The molecule has 2 aliphatic heterocycles. The van der Waals surface area contributed by atoms with Crippen molar-refractivity contribution >= 4 is 34.1 Å². The lowest BCUT2D eigenvalue weighted by molar-refractivity contribution is -0.130. The lowest BCUT2D eigenvalue weighted by Crippen LogP contribution is -2.29. The Morgan fingerprint density at radius 1 is 1.00 bits per heavy atom. The smallest absolute Gasteiger partial charge is 0.244 e. The highest BCUT2D eigenvalue weighted by Gasteiger charge is 2.23. The lowest BCUT2D eigenvalue weighted by atomic mass is 9.99. The van der Waals surface area contributed by atoms with E-state index in [0.29, 0.717) is 35.2 Å². The van der Waals surface area contributed by atoms with Crippen LogP contribution in [0.25, 0.3) is 21.9 Å². The number of fused-ring (bicyclic) bond motifs is 2. The fourth-order valence-electron chi connectivity index (χ4n) is 5.28. The van der Waals surface area contributed by atoms with Crippen LogP contribution in [0.2, 0.25) is 0 Å². The van der Waals surface area contributed by atoms with E-state index in [0.717, 1.165) is 54.0 Å². The molecule has 0 radical (unpaired) electrons. The van der Waals surface area contributed by atoms with Gasteiger partial charge in [0, 0.05) is 79.8 Å². The fraction of sp³-hybridized carbons (Fsp3) is 0.357. The molecule has 0 aliphatic carbocycles. The van der Waals surface area contributed by atoms with Gasteiger partial charge in [-0.2, -0.15) is 5.10 Å². The standard InChI is InChI=1S/C28H31FN8O/c1-17-8-27(36-7-4-20(15-36)30-2)32-14-23(17)22-9-18-11-25(31-13-19(18)10-24(22)29)33-26-12-21-5-6-35(3)28(38)16-37(21)34-26/h8-14,20,30H,4-7,15-16H2,1-3H3,(H,31,33,34). The van der Waals surface area contributed by atoms with Crippen LogP contribution < -0.4 is 15.5 Å². The van der Waals surface area contributed by atoms with E-state index < -0.39 is 0 Å². The number of hydrogen-bond donors (Lipinski definition) is 2. The van der Waals surface area contributed by atoms with Crippen LogP contribution in [-0.4, -0.2) is 70.3 Å². The molecule has 1 amide bonds. The second-order valence-electron chi connectivity index (χ2n) is 10.2. The molecule has 38 heavy (non-hydrogen) atoms. The minimum absolute atomic E-state index is 0.0391. The molecule has 0 saturated carbocycles. The van der Waals surface area contributed by atoms with Crippen molar-refractivity contribution in [2.45, 2.75) is 32.4 Å². The first-order chi connectivity index (χ1) is 18.4. The highest BCUT2D eigenvalue weighted by atomic mass is 19.1. The van der Waals surface area contributed by atoms with Crippen LogP contribution >= 0.6 is 0 Å². The molecular weight excluding hydrogens is 483 g/mol. The van der Waals surface area contributed by atoms with Gasteiger partial charge in [0.25, 0.3) is 0 Å². The Bertz CT molecular complexity index is 1530. The van der Waals surface area contributed by atoms with Crippen LogP contribution in [-0.2, 0) is 17.8 Å². The van der Waals surface area contributed by atoms with Crippen LogP contribution in [0, 0.1) is 12.7 Å². The summed E-state index contributed by atoms with van der Waals surface area (Å²) in [6.45, 7) is 4.76. The number of hydrogen-bond acceptors (Lipinski definition) is 7. The Balaban J connectivity index is 1.27. The van der Waals surface area contributed by atoms with Gasteiger partial charge in [-0.05, 0) is 55.6 Å². The number of carbonyl (C=O) groups excluding carboxylic acids is 1. The number of aryl methyl sites for hydroxylation is 1. The van der Waals surface area contributed by atoms with Gasteiger partial charge in [-0.3, -0.25) is 9.48 Å². The molecule has 1 aromatic carbocycles. The average Bonchev–Trinajstić information content (AvgIpc) is 3.51. The van der Waals surface area contributed by atoms with Crippen LogP contribution in [0.3, 0.4) is 0 Å². The molecule has 0 spiro atoms. The molecule has 6 rings (SSSR count). The van der Waals surface area contributed by atoms with Crippen molar-refractivity contribution in [3.8, 4) is 11.1 Å². The van der Waals surface area contributed by atoms with Gasteiger partial charge in [0.2, 0.25) is 5.91 Å². The third-order valence-corrected chi connectivity index (χ3v) is 7.65. The van der Waals surface area contributed by atoms with E-state index >= 15 is 4.39 Å². The Hall–Kier alpha value is -4.05. The fourth-order valence-corrected chi connectivity index (χ4v) is 5.28. The Morgan fingerprint density at radius 2 is 1.87 bits per heavy atom. The first-order valence-electron chi connectivity index (χ1n) is 12.9. The van der Waals surface area contributed by atoms with E-state index in [1.165, 1.54) is 6.07 Å². The predicted octanol–water partition coefficient (Wildman–Crippen LogP) is 3.50. The number of halogens is 1. The summed E-state index contributed by atoms with van der Waals surface area (Å²) < 4.78 is 17.0. The number of likely N-dealkylation sites (N-methyl/N-ethyl adjacent to an activating group) is 2. The zero-order valence-corrected chi connectivity index (χ0v) is 21.8. The summed E-state index contributed by atoms with van der Waals surface area (Å²) in [6, 6.07) is 9.72. The number of nitrogens with one attached hydrogen (secondary N) is 2. The van der Waals surface area contributed by atoms with Crippen molar-refractivity contribution in [2.75, 3.05) is 43.9 Å². The molecule has 2 N–H and O–H groups in total. The molecule has 196 valence electrons. The molecule has 1 fully saturated rings. The summed E-state index contributed by atoms with van der Waals surface area (Å²) in [4.78, 5) is 25.3. The van der Waals surface area contributed by atoms with Crippen LogP contribution in [0.1, 0.15) is 17.7 Å². The van der Waals surface area contributed by atoms with Gasteiger partial charge in [-0.25, -0.2) is 14.4 Å². The van der Waals surface area contributed by atoms with Crippen molar-refractivity contribution in [1.82, 2.24) is 30.0 Å². The summed E-state index contributed by atoms with van der Waals surface area (Å²) >= 11 is 0. The van der Waals surface area contributed by atoms with Crippen molar-refractivity contribution in [3.05, 3.63) is 59.8 Å². The van der Waals surface area contributed by atoms with E-state index in [1.54, 1.807) is 22.0 Å². The van der Waals surface area contributed by atoms with Gasteiger partial charge in [-0.1, -0.05) is 0 Å². The molecule has 1 unspecified atom stereocenters. The van der Waals surface area contributed by atoms with Gasteiger partial charge in [0.05, 0.1) is 0 Å². The molecule has 9 nitrogen and oxygen atoms in total. The summed E-state index contributed by atoms with van der Waals surface area (Å²) in [5.74, 6) is 1.89. The second-order valence-corrected chi connectivity index (χ2v) is 10.2. The monoisotopic (exact) mass is 514 g/mol. The Morgan fingerprint density at radius 3 is 2.66 bits per heavy atom. The Labute approximate surface area is 220 Å². The topological polar surface area (TPSA) is 91.2 Å². The zero-order chi connectivity index (χ0) is 26.4. The molecule has 5 heterocycles. The number of aromatic nitrogens is 4. The molecule has 2 aliphatic rings. The van der Waals surface area contributed by atoms with Crippen LogP contribution in [0.15, 0.2) is 42.7 Å². The third kappa shape index (κ3) is 4.56. The molecular formula is C28H31FN8O. The SMILES string of the molecule is CNC1CCN(c2cc(C)c(-c3cc4cc(Nc5cc6n(n5)CC(=O)N(C)CC6)ncc4cc3F)cn2)C1. The van der Waals surface area contributed by atoms with Crippen molar-refractivity contribution in [3.63, 3.8) is 0 Å². The zero-order valence-electron chi connectivity index (χ0n) is 21.8. The number of carbonyl (C=O) groups is 1. The second kappa shape index (κ2) is 9.68. The molecule has 3 aromatic heterocycles. The highest BCUT2D eigenvalue weighted by Crippen LogP contribution is 2.32. The first kappa shape index (κ1) is 24.3. The first-order valence-corrected chi connectivity index (χ1v) is 12.9. The van der Waals surface area contributed by atoms with Gasteiger partial charge in [-0.15, -0.1) is 0 Å². The third-order valence-electron chi connectivity index (χ3n) is 7.65. The predicted molar refractivity (Wildman–Crippen MR) is 146 cm³/mol. The van der Waals surface area contributed by atoms with Gasteiger partial charge >= 0.3 is 0 Å². The summed E-state index contributed by atoms with van der Waals surface area (Å²) in [5, 5.41) is 12.7. The Kier molecular flexibility index (Phi) is 6.19. The average molecular weight is 515 g/mol. The van der Waals surface area contributed by atoms with Gasteiger partial charge < -0.3 is 20.4 Å². The minimum Gasteiger partial charge on any atom is -0.355 e. The summed E-state index contributed by atoms with van der Waals surface area (Å²) in [5.41, 5.74) is 3.26. The molecule has 4 aromatic rings. The number of nitrogens with zero attached hydrogens (tertiary/aromatic N) is 6. The number of anilines is 3. The largest absolute Gasteiger partial charge is 0.355 e. The molecule has 0 bridgehead atoms. The van der Waals surface area contributed by atoms with Crippen molar-refractivity contribution in [1.29, 1.82) is 0 Å². The van der Waals surface area contributed by atoms with E-state index in [1.807, 2.05) is 45.3 Å². The van der Waals surface area contributed by atoms with Crippen LogP contribution in [0.4, 0.5) is 21.8 Å². The molecule has 1 atom stereocenters. The van der Waals surface area contributed by atoms with E-state index in [-0.39, 0.29) is 18.3 Å². The number of rotatable bonds is 5. The number of amides is 1. The highest BCUT2D eigenvalue weighted by molar-refractivity contribution is 5.89. The number of pyridine rings is 2. The molecule has 1 saturated heterocycles. The maximum Gasteiger partial charge on any atom is 0.244 e. The van der Waals surface area contributed by atoms with Gasteiger partial charge in [0.1, 0.15) is 24.0 Å². The van der Waals surface area contributed by atoms with Gasteiger partial charge in [0.15, 0.2) is 5.82 Å². The van der Waals surface area contributed by atoms with Crippen molar-refractivity contribution in [2.24, 2.45) is 0 Å². The minimum atomic E-state index is -0.304. The van der Waals surface area contributed by atoms with E-state index in [9.17, 15) is 4.79 Å². The normalized spacial score (nSPS) is 17.7. The maximum atomic E-state index is 15.2. The van der Waals surface area contributed by atoms with E-state index in [2.05, 4.69) is 30.6 Å². The lowest BCUT2D eigenvalue weighted by Gasteiger charge is -2.19. The van der Waals surface area contributed by atoms with Crippen molar-refractivity contribution < 1.29 is 9.18 Å².